The van der Waals surface area contributed by atoms with Gasteiger partial charge in [0.2, 0.25) is 9.12 Å². The van der Waals surface area contributed by atoms with Crippen LogP contribution < -0.4 is 9.96 Å². The van der Waals surface area contributed by atoms with E-state index < -0.39 is 18.1 Å². The van der Waals surface area contributed by atoms with Crippen molar-refractivity contribution < 1.29 is 0 Å². The molecule has 2 N–H and O–H groups in total. The number of hydrogen-bond donors (Lipinski definition) is 2. The molecular weight excluding hydrogens is 226 g/mol. The largest absolute Gasteiger partial charge is 0.378 e. The zero-order valence-electron chi connectivity index (χ0n) is 9.08. The van der Waals surface area contributed by atoms with Gasteiger partial charge in [-0.05, 0) is 26.3 Å². The van der Waals surface area contributed by atoms with E-state index in [0.717, 1.165) is 5.11 Å². The van der Waals surface area contributed by atoms with Gasteiger partial charge in [0, 0.05) is 0 Å². The molecule has 0 aromatic heterocycles. The predicted molar refractivity (Wildman–Crippen MR) is 73.1 cm³/mol. The van der Waals surface area contributed by atoms with Crippen molar-refractivity contribution in [3.63, 3.8) is 0 Å². The van der Waals surface area contributed by atoms with Crippen molar-refractivity contribution in [1.29, 1.82) is 0 Å². The third-order valence-electron chi connectivity index (χ3n) is 2.10. The highest BCUT2D eigenvalue weighted by molar-refractivity contribution is 7.80. The second kappa shape index (κ2) is 6.94. The average molecular weight is 246 g/mol. The standard InChI is InChI=1S/C8H19N3SSi2/c1-6-13(5)11(4)8(12)10-14(7-2)9-3/h6-7,9,13-14H,1-2H2,3-5H3,(H,10,12). The molecule has 0 aliphatic rings. The Balaban J connectivity index is 4.18. The van der Waals surface area contributed by atoms with Gasteiger partial charge in [-0.15, -0.1) is 13.2 Å². The fourth-order valence-corrected chi connectivity index (χ4v) is 3.58. The molecule has 0 bridgehead atoms. The summed E-state index contributed by atoms with van der Waals surface area (Å²) < 4.78 is 2.11. The van der Waals surface area contributed by atoms with Crippen molar-refractivity contribution in [3.05, 3.63) is 24.6 Å². The quantitative estimate of drug-likeness (QED) is 0.528. The van der Waals surface area contributed by atoms with Gasteiger partial charge < -0.3 is 14.5 Å². The first-order chi connectivity index (χ1) is 6.56. The molecule has 2 unspecified atom stereocenters. The minimum atomic E-state index is -1.29. The molecule has 6 heteroatoms. The SMILES string of the molecule is C=C[SiH](NC)NC(=S)N(C)[SiH](C)C=C. The summed E-state index contributed by atoms with van der Waals surface area (Å²) >= 11 is 5.28. The third-order valence-corrected chi connectivity index (χ3v) is 6.74. The molecule has 80 valence electrons. The van der Waals surface area contributed by atoms with Gasteiger partial charge in [-0.1, -0.05) is 17.9 Å². The van der Waals surface area contributed by atoms with Gasteiger partial charge in [0.1, 0.15) is 0 Å². The summed E-state index contributed by atoms with van der Waals surface area (Å²) in [5.74, 6) is 0. The smallest absolute Gasteiger partial charge is 0.240 e. The van der Waals surface area contributed by atoms with E-state index in [2.05, 4.69) is 34.2 Å². The molecule has 0 heterocycles. The van der Waals surface area contributed by atoms with Crippen LogP contribution in [0, 0.1) is 0 Å². The Morgan fingerprint density at radius 2 is 2.00 bits per heavy atom. The molecule has 0 spiro atoms. The molecule has 0 radical (unpaired) electrons. The summed E-state index contributed by atoms with van der Waals surface area (Å²) in [6, 6.07) is 0. The molecule has 0 aliphatic heterocycles. The van der Waals surface area contributed by atoms with Gasteiger partial charge in [-0.25, -0.2) is 0 Å². The first kappa shape index (κ1) is 13.6. The summed E-state index contributed by atoms with van der Waals surface area (Å²) in [6.07, 6.45) is 0. The second-order valence-electron chi connectivity index (χ2n) is 3.04. The Kier molecular flexibility index (Phi) is 6.72. The highest BCUT2D eigenvalue weighted by atomic mass is 32.1. The maximum Gasteiger partial charge on any atom is 0.240 e. The van der Waals surface area contributed by atoms with E-state index in [0.29, 0.717) is 0 Å². The van der Waals surface area contributed by atoms with Crippen molar-refractivity contribution in [2.45, 2.75) is 6.55 Å². The fraction of sp³-hybridized carbons (Fsp3) is 0.375. The lowest BCUT2D eigenvalue weighted by molar-refractivity contribution is 0.779. The van der Waals surface area contributed by atoms with Crippen LogP contribution in [0.5, 0.6) is 0 Å². The Morgan fingerprint density at radius 1 is 1.43 bits per heavy atom. The van der Waals surface area contributed by atoms with Crippen LogP contribution in [0.15, 0.2) is 24.6 Å². The molecule has 0 aliphatic carbocycles. The van der Waals surface area contributed by atoms with Gasteiger partial charge in [-0.2, -0.15) is 0 Å². The van der Waals surface area contributed by atoms with Gasteiger partial charge >= 0.3 is 0 Å². The van der Waals surface area contributed by atoms with Crippen LogP contribution >= 0.6 is 12.2 Å². The van der Waals surface area contributed by atoms with Crippen LogP contribution in [0.2, 0.25) is 6.55 Å². The van der Waals surface area contributed by atoms with E-state index in [-0.39, 0.29) is 0 Å². The highest BCUT2D eigenvalue weighted by Crippen LogP contribution is 1.93. The number of nitrogens with one attached hydrogen (secondary N) is 2. The van der Waals surface area contributed by atoms with Crippen molar-refractivity contribution in [3.8, 4) is 0 Å². The molecule has 3 nitrogen and oxygen atoms in total. The first-order valence-electron chi connectivity index (χ1n) is 4.52. The Bertz CT molecular complexity index is 223. The van der Waals surface area contributed by atoms with Gasteiger partial charge in [0.15, 0.2) is 14.1 Å². The molecule has 0 rings (SSSR count). The molecule has 0 aromatic carbocycles. The predicted octanol–water partition coefficient (Wildman–Crippen LogP) is 0.0366. The van der Waals surface area contributed by atoms with Crippen molar-refractivity contribution in [2.75, 3.05) is 14.1 Å². The molecule has 0 saturated heterocycles. The normalized spacial score (nSPS) is 13.9. The van der Waals surface area contributed by atoms with E-state index in [9.17, 15) is 0 Å². The monoisotopic (exact) mass is 245 g/mol. The molecule has 0 amide bonds. The Morgan fingerprint density at radius 3 is 2.36 bits per heavy atom. The number of nitrogens with zero attached hydrogens (tertiary/aromatic N) is 1. The molecule has 0 saturated carbocycles. The molecule has 14 heavy (non-hydrogen) atoms. The Hall–Kier alpha value is -0.436. The average Bonchev–Trinajstić information content (AvgIpc) is 2.23. The van der Waals surface area contributed by atoms with Gasteiger partial charge in [0.05, 0.1) is 0 Å². The molecule has 0 aromatic rings. The minimum Gasteiger partial charge on any atom is -0.378 e. The zero-order chi connectivity index (χ0) is 11.1. The van der Waals surface area contributed by atoms with E-state index in [1.54, 1.807) is 0 Å². The van der Waals surface area contributed by atoms with Gasteiger partial charge in [-0.3, -0.25) is 0 Å². The van der Waals surface area contributed by atoms with Crippen LogP contribution in [-0.2, 0) is 0 Å². The fourth-order valence-electron chi connectivity index (χ4n) is 0.827. The van der Waals surface area contributed by atoms with Crippen molar-refractivity contribution in [2.24, 2.45) is 0 Å². The van der Waals surface area contributed by atoms with E-state index >= 15 is 0 Å². The lowest BCUT2D eigenvalue weighted by Crippen LogP contribution is -2.53. The van der Waals surface area contributed by atoms with Crippen molar-refractivity contribution in [1.82, 2.24) is 14.5 Å². The molecular formula is C8H19N3SSi2. The topological polar surface area (TPSA) is 27.3 Å². The lowest BCUT2D eigenvalue weighted by Gasteiger charge is -2.26. The summed E-state index contributed by atoms with van der Waals surface area (Å²) in [7, 11) is 1.58. The lowest BCUT2D eigenvalue weighted by atomic mass is 11.1. The summed E-state index contributed by atoms with van der Waals surface area (Å²) in [5.41, 5.74) is 3.91. The third kappa shape index (κ3) is 4.18. The van der Waals surface area contributed by atoms with Crippen LogP contribution in [0.25, 0.3) is 0 Å². The van der Waals surface area contributed by atoms with E-state index in [1.165, 1.54) is 0 Å². The van der Waals surface area contributed by atoms with Gasteiger partial charge in [0.25, 0.3) is 0 Å². The maximum atomic E-state index is 5.28. The van der Waals surface area contributed by atoms with Crippen LogP contribution in [0.4, 0.5) is 0 Å². The van der Waals surface area contributed by atoms with E-state index in [4.69, 9.17) is 12.2 Å². The molecule has 0 fully saturated rings. The highest BCUT2D eigenvalue weighted by Gasteiger charge is 2.13. The van der Waals surface area contributed by atoms with Crippen molar-refractivity contribution >= 4 is 35.4 Å². The van der Waals surface area contributed by atoms with Crippen LogP contribution in [0.3, 0.4) is 0 Å². The van der Waals surface area contributed by atoms with Crippen LogP contribution in [0.1, 0.15) is 0 Å². The second-order valence-corrected chi connectivity index (χ2v) is 8.45. The number of hydrogen-bond acceptors (Lipinski definition) is 2. The minimum absolute atomic E-state index is 0.801. The first-order valence-corrected chi connectivity index (χ1v) is 9.09. The maximum absolute atomic E-state index is 5.28. The number of rotatable bonds is 5. The van der Waals surface area contributed by atoms with E-state index in [1.807, 2.05) is 25.5 Å². The number of thiocarbonyl (C=S) groups is 1. The summed E-state index contributed by atoms with van der Waals surface area (Å²) in [5, 5.41) is 0.801. The zero-order valence-corrected chi connectivity index (χ0v) is 12.2. The van der Waals surface area contributed by atoms with Crippen LogP contribution in [-0.4, -0.2) is 41.9 Å². The molecule has 2 atom stereocenters. The summed E-state index contributed by atoms with van der Waals surface area (Å²) in [6.45, 7) is 9.74. The summed E-state index contributed by atoms with van der Waals surface area (Å²) in [4.78, 5) is 6.46. The Labute approximate surface area is 95.3 Å².